The Labute approximate surface area is 515 Å². The zero-order chi connectivity index (χ0) is 60.0. The van der Waals surface area contributed by atoms with E-state index in [2.05, 4.69) is 31.3 Å². The van der Waals surface area contributed by atoms with Crippen LogP contribution < -0.4 is 5.32 Å². The van der Waals surface area contributed by atoms with E-state index in [1.165, 1.54) is 327 Å². The molecule has 7 unspecified atom stereocenters. The number of aliphatic hydroxyl groups is 5. The summed E-state index contributed by atoms with van der Waals surface area (Å²) in [4.78, 5) is 13.1. The highest BCUT2D eigenvalue weighted by atomic mass is 16.7. The van der Waals surface area contributed by atoms with Gasteiger partial charge in [-0.2, -0.15) is 0 Å². The molecule has 0 bridgehead atoms. The van der Waals surface area contributed by atoms with E-state index in [1.54, 1.807) is 6.08 Å². The van der Waals surface area contributed by atoms with E-state index < -0.39 is 49.5 Å². The van der Waals surface area contributed by atoms with Gasteiger partial charge in [-0.1, -0.05) is 372 Å². The van der Waals surface area contributed by atoms with Gasteiger partial charge in [0.15, 0.2) is 6.29 Å². The Morgan fingerprint density at radius 1 is 0.398 bits per heavy atom. The first-order valence-electron chi connectivity index (χ1n) is 37.1. The van der Waals surface area contributed by atoms with Gasteiger partial charge in [0.2, 0.25) is 5.91 Å². The minimum absolute atomic E-state index is 0.178. The van der Waals surface area contributed by atoms with Gasteiger partial charge < -0.3 is 40.3 Å². The van der Waals surface area contributed by atoms with E-state index in [4.69, 9.17) is 9.47 Å². The third kappa shape index (κ3) is 52.3. The van der Waals surface area contributed by atoms with Crippen molar-refractivity contribution in [1.82, 2.24) is 5.32 Å². The topological polar surface area (TPSA) is 149 Å². The Balaban J connectivity index is 2.05. The number of amides is 1. The minimum Gasteiger partial charge on any atom is -0.394 e. The first-order valence-corrected chi connectivity index (χ1v) is 37.1. The number of hydrogen-bond donors (Lipinski definition) is 6. The number of hydrogen-bond acceptors (Lipinski definition) is 8. The summed E-state index contributed by atoms with van der Waals surface area (Å²) < 4.78 is 11.3. The molecule has 0 spiro atoms. The molecule has 1 aliphatic heterocycles. The van der Waals surface area contributed by atoms with E-state index in [1.807, 2.05) is 6.08 Å². The number of allylic oxidation sites excluding steroid dienone is 3. The van der Waals surface area contributed by atoms with Gasteiger partial charge in [-0.3, -0.25) is 4.79 Å². The van der Waals surface area contributed by atoms with Crippen molar-refractivity contribution in [1.29, 1.82) is 0 Å². The fraction of sp³-hybridized carbons (Fsp3) is 0.932. The second kappa shape index (κ2) is 63.7. The lowest BCUT2D eigenvalue weighted by Gasteiger charge is -2.40. The molecule has 1 amide bonds. The van der Waals surface area contributed by atoms with Crippen LogP contribution in [0.1, 0.15) is 386 Å². The van der Waals surface area contributed by atoms with Gasteiger partial charge in [0.25, 0.3) is 0 Å². The third-order valence-corrected chi connectivity index (χ3v) is 18.0. The highest BCUT2D eigenvalue weighted by Gasteiger charge is 2.44. The molecule has 9 heteroatoms. The molecule has 1 fully saturated rings. The van der Waals surface area contributed by atoms with Crippen LogP contribution in [0.5, 0.6) is 0 Å². The monoisotopic (exact) mass is 1170 g/mol. The second-order valence-corrected chi connectivity index (χ2v) is 26.1. The summed E-state index contributed by atoms with van der Waals surface area (Å²) in [5, 5.41) is 54.7. The van der Waals surface area contributed by atoms with Crippen molar-refractivity contribution < 1.29 is 39.8 Å². The lowest BCUT2D eigenvalue weighted by molar-refractivity contribution is -0.302. The number of carbonyl (C=O) groups is 1. The molecule has 7 atom stereocenters. The van der Waals surface area contributed by atoms with Crippen LogP contribution in [0.4, 0.5) is 0 Å². The van der Waals surface area contributed by atoms with Gasteiger partial charge in [-0.25, -0.2) is 0 Å². The van der Waals surface area contributed by atoms with Gasteiger partial charge in [-0.15, -0.1) is 0 Å². The summed E-state index contributed by atoms with van der Waals surface area (Å²) in [6, 6.07) is -0.820. The number of rotatable bonds is 66. The first kappa shape index (κ1) is 79.7. The molecule has 0 saturated carbocycles. The van der Waals surface area contributed by atoms with Gasteiger partial charge in [0, 0.05) is 6.42 Å². The van der Waals surface area contributed by atoms with Crippen LogP contribution in [-0.4, -0.2) is 87.5 Å². The zero-order valence-corrected chi connectivity index (χ0v) is 55.2. The molecule has 6 N–H and O–H groups in total. The highest BCUT2D eigenvalue weighted by molar-refractivity contribution is 5.76. The maximum absolute atomic E-state index is 13.1. The van der Waals surface area contributed by atoms with E-state index >= 15 is 0 Å². The Bertz CT molecular complexity index is 1360. The van der Waals surface area contributed by atoms with Crippen molar-refractivity contribution in [3.05, 3.63) is 24.3 Å². The maximum atomic E-state index is 13.1. The molecule has 0 radical (unpaired) electrons. The predicted octanol–water partition coefficient (Wildman–Crippen LogP) is 20.4. The van der Waals surface area contributed by atoms with Crippen LogP contribution in [0.2, 0.25) is 0 Å². The molecular formula is C74H143NO8. The maximum Gasteiger partial charge on any atom is 0.220 e. The van der Waals surface area contributed by atoms with E-state index in [0.717, 1.165) is 38.5 Å². The summed E-state index contributed by atoms with van der Waals surface area (Å²) in [5.74, 6) is -0.178. The van der Waals surface area contributed by atoms with Crippen molar-refractivity contribution in [2.45, 2.75) is 429 Å². The van der Waals surface area contributed by atoms with Gasteiger partial charge >= 0.3 is 0 Å². The lowest BCUT2D eigenvalue weighted by Crippen LogP contribution is -2.60. The normalized spacial score (nSPS) is 18.3. The first-order chi connectivity index (χ1) is 40.8. The summed E-state index contributed by atoms with van der Waals surface area (Å²) in [6.07, 6.45) is 77.5. The SMILES string of the molecule is CCCCCCCCCCCCCCCCC/C=C/CC/C=C/C(O)C(COC1OC(CO)C(O)C(O)C1O)NC(=O)CCCCCCCCCCCCCCCCCCCCCCCCCCCCCCCCCCCCCCCCC. The van der Waals surface area contributed by atoms with Gasteiger partial charge in [-0.05, 0) is 32.1 Å². The molecule has 1 aliphatic rings. The summed E-state index contributed by atoms with van der Waals surface area (Å²) in [7, 11) is 0. The Kier molecular flexibility index (Phi) is 61.1. The van der Waals surface area contributed by atoms with Gasteiger partial charge in [0.05, 0.1) is 25.4 Å². The molecule has 1 heterocycles. The Hall–Kier alpha value is -1.33. The van der Waals surface area contributed by atoms with Crippen LogP contribution in [0.25, 0.3) is 0 Å². The quantitative estimate of drug-likeness (QED) is 0.0261. The number of nitrogens with one attached hydrogen (secondary N) is 1. The van der Waals surface area contributed by atoms with Crippen LogP contribution in [-0.2, 0) is 14.3 Å². The fourth-order valence-electron chi connectivity index (χ4n) is 12.2. The highest BCUT2D eigenvalue weighted by Crippen LogP contribution is 2.24. The minimum atomic E-state index is -1.57. The molecule has 83 heavy (non-hydrogen) atoms. The molecule has 0 aromatic carbocycles. The number of carbonyl (C=O) groups excluding carboxylic acids is 1. The largest absolute Gasteiger partial charge is 0.394 e. The molecule has 0 aliphatic carbocycles. The Morgan fingerprint density at radius 3 is 1.01 bits per heavy atom. The van der Waals surface area contributed by atoms with E-state index in [9.17, 15) is 30.3 Å². The average molecular weight is 1170 g/mol. The number of ether oxygens (including phenoxy) is 2. The summed E-state index contributed by atoms with van der Waals surface area (Å²) >= 11 is 0. The third-order valence-electron chi connectivity index (χ3n) is 18.0. The summed E-state index contributed by atoms with van der Waals surface area (Å²) in [5.41, 5.74) is 0. The molecule has 0 aromatic rings. The van der Waals surface area contributed by atoms with Crippen molar-refractivity contribution in [3.8, 4) is 0 Å². The standard InChI is InChI=1S/C74H143NO8/c1-3-5-7-9-11-13-15-17-19-21-23-25-26-27-28-29-30-31-32-33-34-35-36-37-38-39-40-41-42-44-46-48-50-52-54-56-58-60-62-64-70(78)75-67(66-82-74-73(81)72(80)71(79)69(65-76)83-74)68(77)63-61-59-57-55-53-51-49-47-45-43-24-22-20-18-16-14-12-10-8-6-4-2/h53,55,61,63,67-69,71-74,76-77,79-81H,3-52,54,56-60,62,64-66H2,1-2H3,(H,75,78)/b55-53+,63-61+. The molecule has 9 nitrogen and oxygen atoms in total. The Morgan fingerprint density at radius 2 is 0.687 bits per heavy atom. The molecule has 1 rings (SSSR count). The van der Waals surface area contributed by atoms with Crippen LogP contribution >= 0.6 is 0 Å². The van der Waals surface area contributed by atoms with E-state index in [-0.39, 0.29) is 12.5 Å². The van der Waals surface area contributed by atoms with Crippen molar-refractivity contribution >= 4 is 5.91 Å². The second-order valence-electron chi connectivity index (χ2n) is 26.1. The van der Waals surface area contributed by atoms with E-state index in [0.29, 0.717) is 6.42 Å². The molecule has 0 aromatic heterocycles. The fourth-order valence-corrected chi connectivity index (χ4v) is 12.2. The average Bonchev–Trinajstić information content (AvgIpc) is 3.49. The van der Waals surface area contributed by atoms with Crippen LogP contribution in [0, 0.1) is 0 Å². The lowest BCUT2D eigenvalue weighted by atomic mass is 9.99. The van der Waals surface area contributed by atoms with Crippen LogP contribution in [0.15, 0.2) is 24.3 Å². The number of aliphatic hydroxyl groups excluding tert-OH is 5. The van der Waals surface area contributed by atoms with Crippen molar-refractivity contribution in [2.24, 2.45) is 0 Å². The summed E-state index contributed by atoms with van der Waals surface area (Å²) in [6.45, 7) is 3.82. The number of unbranched alkanes of at least 4 members (excludes halogenated alkanes) is 54. The van der Waals surface area contributed by atoms with Crippen molar-refractivity contribution in [3.63, 3.8) is 0 Å². The molecule has 1 saturated heterocycles. The zero-order valence-electron chi connectivity index (χ0n) is 55.2. The molecular weight excluding hydrogens is 1030 g/mol. The smallest absolute Gasteiger partial charge is 0.220 e. The predicted molar refractivity (Wildman–Crippen MR) is 355 cm³/mol. The molecule has 492 valence electrons. The van der Waals surface area contributed by atoms with Crippen LogP contribution in [0.3, 0.4) is 0 Å². The van der Waals surface area contributed by atoms with Gasteiger partial charge in [0.1, 0.15) is 24.4 Å². The van der Waals surface area contributed by atoms with Crippen molar-refractivity contribution in [2.75, 3.05) is 13.2 Å².